The highest BCUT2D eigenvalue weighted by molar-refractivity contribution is 6.10. The predicted molar refractivity (Wildman–Crippen MR) is 121 cm³/mol. The van der Waals surface area contributed by atoms with Crippen LogP contribution in [-0.2, 0) is 6.61 Å². The Labute approximate surface area is 183 Å². The van der Waals surface area contributed by atoms with Gasteiger partial charge in [0.05, 0.1) is 12.2 Å². The summed E-state index contributed by atoms with van der Waals surface area (Å²) >= 11 is 0. The average molecular weight is 423 g/mol. The minimum absolute atomic E-state index is 0.203. The molecule has 164 valence electrons. The monoisotopic (exact) mass is 422 g/mol. The SMILES string of the molecule is CC1=CC(c2c(CO)cc(O)c(C(=O)/C=C/c3ccccc3)c2O)C(C(C)(C)O)CC1. The molecule has 0 heterocycles. The molecule has 0 aliphatic heterocycles. The van der Waals surface area contributed by atoms with Crippen LogP contribution in [0, 0.1) is 5.92 Å². The number of benzene rings is 2. The van der Waals surface area contributed by atoms with Gasteiger partial charge in [0.1, 0.15) is 17.1 Å². The molecule has 2 aromatic rings. The molecule has 1 aliphatic carbocycles. The van der Waals surface area contributed by atoms with Crippen LogP contribution in [0.3, 0.4) is 0 Å². The van der Waals surface area contributed by atoms with Crippen LogP contribution in [0.4, 0.5) is 0 Å². The van der Waals surface area contributed by atoms with Gasteiger partial charge in [0.25, 0.3) is 0 Å². The largest absolute Gasteiger partial charge is 0.507 e. The number of rotatable bonds is 6. The van der Waals surface area contributed by atoms with Crippen molar-refractivity contribution in [3.8, 4) is 11.5 Å². The molecule has 0 spiro atoms. The molecule has 0 saturated carbocycles. The number of allylic oxidation sites excluding steroid dienone is 3. The third-order valence-electron chi connectivity index (χ3n) is 6.04. The fraction of sp³-hybridized carbons (Fsp3) is 0.346. The first-order valence-electron chi connectivity index (χ1n) is 10.5. The van der Waals surface area contributed by atoms with Crippen molar-refractivity contribution in [3.63, 3.8) is 0 Å². The van der Waals surface area contributed by atoms with Crippen molar-refractivity contribution in [2.45, 2.75) is 51.7 Å². The molecule has 5 heteroatoms. The zero-order valence-corrected chi connectivity index (χ0v) is 18.2. The van der Waals surface area contributed by atoms with Crippen molar-refractivity contribution in [2.24, 2.45) is 5.92 Å². The highest BCUT2D eigenvalue weighted by atomic mass is 16.3. The molecule has 0 fully saturated rings. The third kappa shape index (κ3) is 4.89. The van der Waals surface area contributed by atoms with Crippen molar-refractivity contribution in [1.82, 2.24) is 0 Å². The quantitative estimate of drug-likeness (QED) is 0.307. The Morgan fingerprint density at radius 2 is 1.87 bits per heavy atom. The summed E-state index contributed by atoms with van der Waals surface area (Å²) in [6, 6.07) is 10.6. The lowest BCUT2D eigenvalue weighted by atomic mass is 9.69. The van der Waals surface area contributed by atoms with E-state index in [1.165, 1.54) is 12.1 Å². The zero-order chi connectivity index (χ0) is 22.8. The second-order valence-electron chi connectivity index (χ2n) is 8.80. The summed E-state index contributed by atoms with van der Waals surface area (Å²) in [5, 5.41) is 42.3. The fourth-order valence-corrected chi connectivity index (χ4v) is 4.43. The molecule has 2 aromatic carbocycles. The van der Waals surface area contributed by atoms with Crippen LogP contribution in [0.5, 0.6) is 11.5 Å². The number of phenols is 2. The lowest BCUT2D eigenvalue weighted by molar-refractivity contribution is 0.00420. The third-order valence-corrected chi connectivity index (χ3v) is 6.04. The van der Waals surface area contributed by atoms with Crippen LogP contribution in [-0.4, -0.2) is 31.8 Å². The highest BCUT2D eigenvalue weighted by Gasteiger charge is 2.39. The van der Waals surface area contributed by atoms with Crippen molar-refractivity contribution >= 4 is 11.9 Å². The van der Waals surface area contributed by atoms with Crippen molar-refractivity contribution < 1.29 is 25.2 Å². The molecule has 0 bridgehead atoms. The van der Waals surface area contributed by atoms with Gasteiger partial charge < -0.3 is 20.4 Å². The molecule has 3 rings (SSSR count). The van der Waals surface area contributed by atoms with E-state index >= 15 is 0 Å². The summed E-state index contributed by atoms with van der Waals surface area (Å²) in [6.45, 7) is 5.03. The minimum Gasteiger partial charge on any atom is -0.507 e. The Kier molecular flexibility index (Phi) is 6.68. The summed E-state index contributed by atoms with van der Waals surface area (Å²) < 4.78 is 0. The van der Waals surface area contributed by atoms with Gasteiger partial charge in [-0.1, -0.05) is 48.1 Å². The summed E-state index contributed by atoms with van der Waals surface area (Å²) in [5.74, 6) is -1.90. The Hall–Kier alpha value is -2.89. The van der Waals surface area contributed by atoms with Gasteiger partial charge in [-0.25, -0.2) is 0 Å². The van der Waals surface area contributed by atoms with Gasteiger partial charge in [-0.05, 0) is 62.8 Å². The van der Waals surface area contributed by atoms with E-state index in [-0.39, 0.29) is 23.0 Å². The predicted octanol–water partition coefficient (Wildman–Crippen LogP) is 4.70. The van der Waals surface area contributed by atoms with Crippen molar-refractivity contribution in [3.05, 3.63) is 76.4 Å². The number of ketones is 1. The number of aromatic hydroxyl groups is 2. The van der Waals surface area contributed by atoms with Gasteiger partial charge in [-0.2, -0.15) is 0 Å². The van der Waals surface area contributed by atoms with Gasteiger partial charge in [0, 0.05) is 11.5 Å². The maximum Gasteiger partial charge on any atom is 0.193 e. The number of carbonyl (C=O) groups excluding carboxylic acids is 1. The molecule has 4 N–H and O–H groups in total. The number of phenolic OH excluding ortho intramolecular Hbond substituents is 2. The summed E-state index contributed by atoms with van der Waals surface area (Å²) in [7, 11) is 0. The maximum atomic E-state index is 12.9. The molecule has 2 atom stereocenters. The smallest absolute Gasteiger partial charge is 0.193 e. The van der Waals surface area contributed by atoms with Gasteiger partial charge in [0.2, 0.25) is 0 Å². The van der Waals surface area contributed by atoms with Crippen molar-refractivity contribution in [1.29, 1.82) is 0 Å². The molecule has 1 aliphatic rings. The van der Waals surface area contributed by atoms with Gasteiger partial charge in [-0.3, -0.25) is 4.79 Å². The lowest BCUT2D eigenvalue weighted by Crippen LogP contribution is -2.36. The topological polar surface area (TPSA) is 98.0 Å². The van der Waals surface area contributed by atoms with Crippen LogP contribution < -0.4 is 0 Å². The highest BCUT2D eigenvalue weighted by Crippen LogP contribution is 2.48. The Bertz CT molecular complexity index is 1010. The van der Waals surface area contributed by atoms with Crippen LogP contribution in [0.2, 0.25) is 0 Å². The van der Waals surface area contributed by atoms with Crippen molar-refractivity contribution in [2.75, 3.05) is 0 Å². The van der Waals surface area contributed by atoms with Gasteiger partial charge in [0.15, 0.2) is 5.78 Å². The normalized spacial score (nSPS) is 19.5. The first-order chi connectivity index (χ1) is 14.6. The van der Waals surface area contributed by atoms with E-state index in [0.717, 1.165) is 17.6 Å². The number of carbonyl (C=O) groups is 1. The van der Waals surface area contributed by atoms with E-state index in [4.69, 9.17) is 0 Å². The Morgan fingerprint density at radius 1 is 1.19 bits per heavy atom. The van der Waals surface area contributed by atoms with E-state index in [1.54, 1.807) is 19.9 Å². The molecule has 2 unspecified atom stereocenters. The number of aliphatic hydroxyl groups excluding tert-OH is 1. The van der Waals surface area contributed by atoms with E-state index in [2.05, 4.69) is 0 Å². The van der Waals surface area contributed by atoms with Crippen LogP contribution >= 0.6 is 0 Å². The standard InChI is InChI=1S/C26H30O5/c1-16-9-11-20(26(2,3)31)19(13-16)23-18(15-27)14-22(29)24(25(23)30)21(28)12-10-17-7-5-4-6-8-17/h4-8,10,12-14,19-20,27,29-31H,9,11,15H2,1-3H3/b12-10+. The second-order valence-corrected chi connectivity index (χ2v) is 8.80. The molecule has 0 radical (unpaired) electrons. The van der Waals surface area contributed by atoms with E-state index < -0.39 is 23.9 Å². The first-order valence-corrected chi connectivity index (χ1v) is 10.5. The molecular formula is C26H30O5. The fourth-order valence-electron chi connectivity index (χ4n) is 4.43. The molecule has 0 saturated heterocycles. The maximum absolute atomic E-state index is 12.9. The van der Waals surface area contributed by atoms with E-state index in [1.807, 2.05) is 43.3 Å². The molecule has 5 nitrogen and oxygen atoms in total. The zero-order valence-electron chi connectivity index (χ0n) is 18.2. The van der Waals surface area contributed by atoms with E-state index in [9.17, 15) is 25.2 Å². The Balaban J connectivity index is 2.12. The van der Waals surface area contributed by atoms with Crippen LogP contribution in [0.15, 0.2) is 54.1 Å². The minimum atomic E-state index is -1.03. The van der Waals surface area contributed by atoms with Gasteiger partial charge in [-0.15, -0.1) is 0 Å². The van der Waals surface area contributed by atoms with E-state index in [0.29, 0.717) is 17.5 Å². The van der Waals surface area contributed by atoms with Crippen LogP contribution in [0.25, 0.3) is 6.08 Å². The van der Waals surface area contributed by atoms with Crippen LogP contribution in [0.1, 0.15) is 66.6 Å². The molecule has 0 amide bonds. The number of aliphatic hydroxyl groups is 2. The first kappa shape index (κ1) is 22.8. The lowest BCUT2D eigenvalue weighted by Gasteiger charge is -2.39. The summed E-state index contributed by atoms with van der Waals surface area (Å²) in [6.07, 6.45) is 6.43. The molecule has 0 aromatic heterocycles. The Morgan fingerprint density at radius 3 is 2.48 bits per heavy atom. The molecular weight excluding hydrogens is 392 g/mol. The number of hydrogen-bond donors (Lipinski definition) is 4. The molecule has 31 heavy (non-hydrogen) atoms. The van der Waals surface area contributed by atoms with Gasteiger partial charge >= 0.3 is 0 Å². The second kappa shape index (κ2) is 9.08. The number of hydrogen-bond acceptors (Lipinski definition) is 5. The average Bonchev–Trinajstić information content (AvgIpc) is 2.71. The summed E-state index contributed by atoms with van der Waals surface area (Å²) in [4.78, 5) is 12.9. The summed E-state index contributed by atoms with van der Waals surface area (Å²) in [5.41, 5.74) is 1.40.